The van der Waals surface area contributed by atoms with Gasteiger partial charge in [-0.2, -0.15) is 0 Å². The number of nitrogens with one attached hydrogen (secondary N) is 2. The maximum Gasteiger partial charge on any atom is 0.407 e. The molecule has 3 amide bonds. The maximum atomic E-state index is 13.5. The molecule has 1 heterocycles. The number of hydrogen-bond acceptors (Lipinski definition) is 6. The van der Waals surface area contributed by atoms with Crippen LogP contribution in [-0.2, 0) is 23.9 Å². The van der Waals surface area contributed by atoms with E-state index >= 15 is 0 Å². The van der Waals surface area contributed by atoms with Gasteiger partial charge in [0.05, 0.1) is 7.11 Å². The molecule has 214 valence electrons. The number of carbonyl (C=O) groups excluding carboxylic acids is 4. The summed E-state index contributed by atoms with van der Waals surface area (Å²) in [7, 11) is 1.30. The van der Waals surface area contributed by atoms with Crippen molar-refractivity contribution < 1.29 is 28.7 Å². The van der Waals surface area contributed by atoms with Gasteiger partial charge in [-0.05, 0) is 54.4 Å². The van der Waals surface area contributed by atoms with E-state index in [0.29, 0.717) is 25.8 Å². The number of fused-ring (bicyclic) bond motifs is 3. The standard InChI is InChI=1S/C31H39N3O6/c1-6-31(4,29(37)34-17-11-16-25(34)28(36)39-5)33-27(35)26(19(2)3)32-30(38)40-18-24-22-14-9-7-12-20(22)21-13-8-10-15-23(21)24/h7-10,12-15,19,24-26H,6,11,16-18H2,1-5H3,(H,32,38)(H,33,35)/t25-,26-,31-/m0/s1. The van der Waals surface area contributed by atoms with Crippen molar-refractivity contribution in [2.24, 2.45) is 5.92 Å². The van der Waals surface area contributed by atoms with E-state index in [-0.39, 0.29) is 24.3 Å². The summed E-state index contributed by atoms with van der Waals surface area (Å²) in [6.45, 7) is 7.60. The number of nitrogens with zero attached hydrogens (tertiary/aromatic N) is 1. The smallest absolute Gasteiger partial charge is 0.407 e. The molecule has 0 aromatic heterocycles. The van der Waals surface area contributed by atoms with Crippen molar-refractivity contribution >= 4 is 23.9 Å². The van der Waals surface area contributed by atoms with E-state index in [4.69, 9.17) is 9.47 Å². The van der Waals surface area contributed by atoms with Crippen molar-refractivity contribution in [2.45, 2.75) is 70.5 Å². The molecule has 9 nitrogen and oxygen atoms in total. The number of likely N-dealkylation sites (tertiary alicyclic amines) is 1. The Morgan fingerprint density at radius 2 is 1.62 bits per heavy atom. The van der Waals surface area contributed by atoms with Crippen LogP contribution in [0.2, 0.25) is 0 Å². The molecule has 0 radical (unpaired) electrons. The molecule has 1 fully saturated rings. The molecule has 1 aliphatic carbocycles. The van der Waals surface area contributed by atoms with Gasteiger partial charge in [0.25, 0.3) is 0 Å². The zero-order valence-electron chi connectivity index (χ0n) is 23.9. The molecular weight excluding hydrogens is 510 g/mol. The number of esters is 1. The van der Waals surface area contributed by atoms with E-state index < -0.39 is 35.6 Å². The first-order valence-electron chi connectivity index (χ1n) is 13.9. The highest BCUT2D eigenvalue weighted by atomic mass is 16.5. The number of amides is 3. The highest BCUT2D eigenvalue weighted by molar-refractivity contribution is 5.96. The lowest BCUT2D eigenvalue weighted by molar-refractivity contribution is -0.153. The van der Waals surface area contributed by atoms with Crippen LogP contribution in [0.25, 0.3) is 11.1 Å². The lowest BCUT2D eigenvalue weighted by Gasteiger charge is -2.36. The predicted molar refractivity (Wildman–Crippen MR) is 150 cm³/mol. The second kappa shape index (κ2) is 12.1. The Balaban J connectivity index is 1.42. The normalized spacial score (nSPS) is 18.4. The molecule has 4 rings (SSSR count). The van der Waals surface area contributed by atoms with Gasteiger partial charge in [0, 0.05) is 12.5 Å². The van der Waals surface area contributed by atoms with Crippen LogP contribution < -0.4 is 10.6 Å². The third-order valence-electron chi connectivity index (χ3n) is 8.13. The van der Waals surface area contributed by atoms with Crippen LogP contribution in [0.15, 0.2) is 48.5 Å². The van der Waals surface area contributed by atoms with E-state index in [1.165, 1.54) is 12.0 Å². The fourth-order valence-electron chi connectivity index (χ4n) is 5.65. The Hall–Kier alpha value is -3.88. The number of rotatable bonds is 9. The molecule has 2 N–H and O–H groups in total. The molecule has 3 atom stereocenters. The van der Waals surface area contributed by atoms with Crippen molar-refractivity contribution in [3.05, 3.63) is 59.7 Å². The van der Waals surface area contributed by atoms with Crippen molar-refractivity contribution in [3.8, 4) is 11.1 Å². The molecule has 2 aromatic rings. The summed E-state index contributed by atoms with van der Waals surface area (Å²) in [4.78, 5) is 53.6. The maximum absolute atomic E-state index is 13.5. The molecule has 0 bridgehead atoms. The first-order valence-corrected chi connectivity index (χ1v) is 13.9. The van der Waals surface area contributed by atoms with Gasteiger partial charge < -0.3 is 25.0 Å². The van der Waals surface area contributed by atoms with Gasteiger partial charge in [0.1, 0.15) is 24.2 Å². The second-order valence-corrected chi connectivity index (χ2v) is 11.0. The van der Waals surface area contributed by atoms with Gasteiger partial charge in [0.15, 0.2) is 0 Å². The quantitative estimate of drug-likeness (QED) is 0.457. The van der Waals surface area contributed by atoms with E-state index in [0.717, 1.165) is 22.3 Å². The molecule has 0 saturated carbocycles. The summed E-state index contributed by atoms with van der Waals surface area (Å²) >= 11 is 0. The number of methoxy groups -OCH3 is 1. The lowest BCUT2D eigenvalue weighted by atomic mass is 9.94. The van der Waals surface area contributed by atoms with E-state index in [9.17, 15) is 19.2 Å². The molecule has 0 unspecified atom stereocenters. The topological polar surface area (TPSA) is 114 Å². The Bertz CT molecular complexity index is 1230. The van der Waals surface area contributed by atoms with Crippen LogP contribution in [0.5, 0.6) is 0 Å². The van der Waals surface area contributed by atoms with Crippen molar-refractivity contribution in [2.75, 3.05) is 20.3 Å². The Labute approximate surface area is 235 Å². The predicted octanol–water partition coefficient (Wildman–Crippen LogP) is 4.00. The van der Waals surface area contributed by atoms with Crippen LogP contribution in [0.1, 0.15) is 64.0 Å². The van der Waals surface area contributed by atoms with Gasteiger partial charge in [-0.1, -0.05) is 69.3 Å². The monoisotopic (exact) mass is 549 g/mol. The first-order chi connectivity index (χ1) is 19.1. The van der Waals surface area contributed by atoms with Crippen LogP contribution in [-0.4, -0.2) is 66.7 Å². The summed E-state index contributed by atoms with van der Waals surface area (Å²) in [6.07, 6.45) is 0.796. The average molecular weight is 550 g/mol. The van der Waals surface area contributed by atoms with Crippen LogP contribution >= 0.6 is 0 Å². The van der Waals surface area contributed by atoms with Crippen LogP contribution in [0, 0.1) is 5.92 Å². The summed E-state index contributed by atoms with van der Waals surface area (Å²) in [6, 6.07) is 14.5. The van der Waals surface area contributed by atoms with E-state index in [2.05, 4.69) is 22.8 Å². The number of benzene rings is 2. The summed E-state index contributed by atoms with van der Waals surface area (Å²) in [5, 5.41) is 5.56. The number of carbonyl (C=O) groups is 4. The molecule has 2 aliphatic rings. The highest BCUT2D eigenvalue weighted by Crippen LogP contribution is 2.44. The molecule has 2 aromatic carbocycles. The fourth-order valence-corrected chi connectivity index (χ4v) is 5.65. The molecule has 1 saturated heterocycles. The fraction of sp³-hybridized carbons (Fsp3) is 0.484. The lowest BCUT2D eigenvalue weighted by Crippen LogP contribution is -2.63. The van der Waals surface area contributed by atoms with Crippen molar-refractivity contribution in [1.29, 1.82) is 0 Å². The molecule has 1 aliphatic heterocycles. The average Bonchev–Trinajstić information content (AvgIpc) is 3.57. The van der Waals surface area contributed by atoms with Crippen molar-refractivity contribution in [3.63, 3.8) is 0 Å². The molecule has 0 spiro atoms. The Morgan fingerprint density at radius 3 is 2.17 bits per heavy atom. The Morgan fingerprint density at radius 1 is 1.02 bits per heavy atom. The van der Waals surface area contributed by atoms with E-state index in [1.54, 1.807) is 13.8 Å². The van der Waals surface area contributed by atoms with Gasteiger partial charge >= 0.3 is 12.1 Å². The summed E-state index contributed by atoms with van der Waals surface area (Å²) < 4.78 is 10.5. The number of ether oxygens (including phenoxy) is 2. The molecule has 40 heavy (non-hydrogen) atoms. The highest BCUT2D eigenvalue weighted by Gasteiger charge is 2.44. The minimum absolute atomic E-state index is 0.103. The van der Waals surface area contributed by atoms with Gasteiger partial charge in [0.2, 0.25) is 11.8 Å². The van der Waals surface area contributed by atoms with Gasteiger partial charge in [-0.25, -0.2) is 9.59 Å². The summed E-state index contributed by atoms with van der Waals surface area (Å²) in [5.41, 5.74) is 3.19. The van der Waals surface area contributed by atoms with Crippen LogP contribution in [0.3, 0.4) is 0 Å². The molecule has 9 heteroatoms. The second-order valence-electron chi connectivity index (χ2n) is 11.0. The number of hydrogen-bond donors (Lipinski definition) is 2. The van der Waals surface area contributed by atoms with E-state index in [1.807, 2.05) is 50.2 Å². The van der Waals surface area contributed by atoms with Crippen LogP contribution in [0.4, 0.5) is 4.79 Å². The third-order valence-corrected chi connectivity index (χ3v) is 8.13. The van der Waals surface area contributed by atoms with Gasteiger partial charge in [-0.3, -0.25) is 9.59 Å². The largest absolute Gasteiger partial charge is 0.467 e. The third kappa shape index (κ3) is 5.69. The zero-order chi connectivity index (χ0) is 29.0. The molecular formula is C31H39N3O6. The van der Waals surface area contributed by atoms with Crippen molar-refractivity contribution in [1.82, 2.24) is 15.5 Å². The SMILES string of the molecule is CC[C@](C)(NC(=O)[C@@H](NC(=O)OCC1c2ccccc2-c2ccccc21)C(C)C)C(=O)N1CCC[C@H]1C(=O)OC. The minimum Gasteiger partial charge on any atom is -0.467 e. The summed E-state index contributed by atoms with van der Waals surface area (Å²) in [5.74, 6) is -1.68. The Kier molecular flexibility index (Phi) is 8.81. The minimum atomic E-state index is -1.26. The van der Waals surface area contributed by atoms with Gasteiger partial charge in [-0.15, -0.1) is 0 Å². The number of alkyl carbamates (subject to hydrolysis) is 1. The zero-order valence-corrected chi connectivity index (χ0v) is 23.9. The first kappa shape index (κ1) is 29.1.